The smallest absolute Gasteiger partial charge is 0.178 e. The summed E-state index contributed by atoms with van der Waals surface area (Å²) in [6, 6.07) is 3.83. The molecule has 1 heterocycles. The number of aromatic amines is 1. The van der Waals surface area contributed by atoms with E-state index in [2.05, 4.69) is 15.8 Å². The maximum atomic E-state index is 13.8. The van der Waals surface area contributed by atoms with Crippen molar-refractivity contribution in [3.8, 4) is 0 Å². The Balaban J connectivity index is 2.20. The summed E-state index contributed by atoms with van der Waals surface area (Å²) >= 11 is 9.35. The number of halogens is 2. The van der Waals surface area contributed by atoms with E-state index in [1.807, 2.05) is 40.4 Å². The quantitative estimate of drug-likeness (QED) is 0.564. The van der Waals surface area contributed by atoms with Crippen molar-refractivity contribution in [2.45, 2.75) is 30.6 Å². The maximum Gasteiger partial charge on any atom is 0.178 e. The number of H-pyrrole nitrogens is 1. The van der Waals surface area contributed by atoms with Crippen LogP contribution in [0.2, 0.25) is 0 Å². The first kappa shape index (κ1) is 13.9. The Hall–Kier alpha value is -0.0800. The summed E-state index contributed by atoms with van der Waals surface area (Å²) in [4.78, 5) is 3.21. The van der Waals surface area contributed by atoms with Gasteiger partial charge in [-0.2, -0.15) is 11.8 Å². The first-order valence-electron chi connectivity index (χ1n) is 6.24. The summed E-state index contributed by atoms with van der Waals surface area (Å²) in [7, 11) is 0. The van der Waals surface area contributed by atoms with E-state index < -0.39 is 0 Å². The number of thioether (sulfide) groups is 1. The number of hydrogen-bond donors (Lipinski definition) is 1. The fourth-order valence-corrected chi connectivity index (χ4v) is 4.71. The molecular formula is C13H14FIN2S2. The van der Waals surface area contributed by atoms with E-state index in [0.29, 0.717) is 19.6 Å². The number of imidazole rings is 1. The van der Waals surface area contributed by atoms with Crippen molar-refractivity contribution in [1.29, 1.82) is 0 Å². The molecule has 1 saturated carbocycles. The van der Waals surface area contributed by atoms with E-state index in [-0.39, 0.29) is 5.82 Å². The van der Waals surface area contributed by atoms with E-state index >= 15 is 0 Å². The molecule has 0 radical (unpaired) electrons. The fourth-order valence-electron chi connectivity index (χ4n) is 2.93. The molecule has 19 heavy (non-hydrogen) atoms. The predicted molar refractivity (Wildman–Crippen MR) is 90.0 cm³/mol. The van der Waals surface area contributed by atoms with Crippen LogP contribution in [0.1, 0.15) is 25.3 Å². The van der Waals surface area contributed by atoms with Crippen molar-refractivity contribution in [2.75, 3.05) is 6.26 Å². The normalized spacial score (nSPS) is 23.3. The van der Waals surface area contributed by atoms with E-state index in [0.717, 1.165) is 17.5 Å². The second-order valence-corrected chi connectivity index (χ2v) is 7.48. The highest BCUT2D eigenvalue weighted by molar-refractivity contribution is 14.1. The maximum absolute atomic E-state index is 13.8. The van der Waals surface area contributed by atoms with Gasteiger partial charge in [-0.3, -0.25) is 0 Å². The summed E-state index contributed by atoms with van der Waals surface area (Å²) < 4.78 is 17.3. The molecule has 3 rings (SSSR count). The zero-order valence-electron chi connectivity index (χ0n) is 10.5. The van der Waals surface area contributed by atoms with Gasteiger partial charge in [0.2, 0.25) is 0 Å². The number of fused-ring (bicyclic) bond motifs is 1. The molecule has 1 aliphatic carbocycles. The number of rotatable bonds is 2. The molecule has 2 nitrogen and oxygen atoms in total. The number of benzene rings is 1. The van der Waals surface area contributed by atoms with Crippen molar-refractivity contribution in [3.63, 3.8) is 0 Å². The number of hydrogen-bond acceptors (Lipinski definition) is 2. The molecule has 1 N–H and O–H groups in total. The second-order valence-electron chi connectivity index (χ2n) is 4.86. The zero-order chi connectivity index (χ0) is 13.6. The minimum atomic E-state index is -0.172. The van der Waals surface area contributed by atoms with Gasteiger partial charge in [0.25, 0.3) is 0 Å². The molecule has 1 aliphatic rings. The Labute approximate surface area is 134 Å². The fraction of sp³-hybridized carbons (Fsp3) is 0.462. The lowest BCUT2D eigenvalue weighted by Crippen LogP contribution is -2.15. The average Bonchev–Trinajstić information content (AvgIpc) is 2.93. The van der Waals surface area contributed by atoms with Crippen LogP contribution >= 0.6 is 46.6 Å². The van der Waals surface area contributed by atoms with Crippen molar-refractivity contribution in [2.24, 2.45) is 0 Å². The Kier molecular flexibility index (Phi) is 3.92. The van der Waals surface area contributed by atoms with Crippen LogP contribution < -0.4 is 0 Å². The Bertz CT molecular complexity index is 679. The Morgan fingerprint density at radius 1 is 1.47 bits per heavy atom. The highest BCUT2D eigenvalue weighted by atomic mass is 127. The topological polar surface area (TPSA) is 20.7 Å². The van der Waals surface area contributed by atoms with E-state index in [9.17, 15) is 4.39 Å². The third-order valence-corrected chi connectivity index (χ3v) is 6.09. The SMILES string of the molecule is CSC1CCCC1n1c(=S)[nH]c2cc(I)c(F)cc21. The Morgan fingerprint density at radius 2 is 2.26 bits per heavy atom. The van der Waals surface area contributed by atoms with Crippen LogP contribution in [0, 0.1) is 14.2 Å². The molecule has 2 atom stereocenters. The number of nitrogens with zero attached hydrogens (tertiary/aromatic N) is 1. The summed E-state index contributed by atoms with van der Waals surface area (Å²) in [6.45, 7) is 0. The molecule has 0 amide bonds. The van der Waals surface area contributed by atoms with E-state index in [1.54, 1.807) is 6.07 Å². The van der Waals surface area contributed by atoms with Gasteiger partial charge in [-0.1, -0.05) is 6.42 Å². The molecular weight excluding hydrogens is 394 g/mol. The molecule has 2 aromatic rings. The lowest BCUT2D eigenvalue weighted by atomic mass is 10.2. The molecule has 0 bridgehead atoms. The molecule has 0 spiro atoms. The molecule has 6 heteroatoms. The third-order valence-electron chi connectivity index (χ3n) is 3.81. The van der Waals surface area contributed by atoms with Gasteiger partial charge in [0.15, 0.2) is 4.77 Å². The minimum absolute atomic E-state index is 0.172. The first-order chi connectivity index (χ1) is 9.11. The van der Waals surface area contributed by atoms with Gasteiger partial charge in [0.1, 0.15) is 5.82 Å². The molecule has 0 saturated heterocycles. The van der Waals surface area contributed by atoms with Crippen LogP contribution in [-0.4, -0.2) is 21.1 Å². The first-order valence-corrected chi connectivity index (χ1v) is 9.01. The van der Waals surface area contributed by atoms with Gasteiger partial charge in [0, 0.05) is 17.4 Å². The highest BCUT2D eigenvalue weighted by Crippen LogP contribution is 2.39. The van der Waals surface area contributed by atoms with Gasteiger partial charge < -0.3 is 9.55 Å². The highest BCUT2D eigenvalue weighted by Gasteiger charge is 2.29. The van der Waals surface area contributed by atoms with Gasteiger partial charge in [0.05, 0.1) is 14.6 Å². The van der Waals surface area contributed by atoms with Gasteiger partial charge in [-0.25, -0.2) is 4.39 Å². The molecule has 1 aromatic heterocycles. The monoisotopic (exact) mass is 408 g/mol. The lowest BCUT2D eigenvalue weighted by Gasteiger charge is -2.20. The minimum Gasteiger partial charge on any atom is -0.331 e. The van der Waals surface area contributed by atoms with Gasteiger partial charge >= 0.3 is 0 Å². The summed E-state index contributed by atoms with van der Waals surface area (Å²) in [5.74, 6) is -0.172. The van der Waals surface area contributed by atoms with Gasteiger partial charge in [-0.05, 0) is 60.0 Å². The zero-order valence-corrected chi connectivity index (χ0v) is 14.2. The number of nitrogens with one attached hydrogen (secondary N) is 1. The average molecular weight is 408 g/mol. The molecule has 1 fully saturated rings. The van der Waals surface area contributed by atoms with Crippen LogP contribution in [0.25, 0.3) is 11.0 Å². The predicted octanol–water partition coefficient (Wildman–Crippen LogP) is 4.90. The summed E-state index contributed by atoms with van der Waals surface area (Å²) in [5, 5.41) is 0.577. The number of aromatic nitrogens is 2. The van der Waals surface area contributed by atoms with Gasteiger partial charge in [-0.15, -0.1) is 0 Å². The van der Waals surface area contributed by atoms with Crippen LogP contribution in [0.4, 0.5) is 4.39 Å². The third kappa shape index (κ3) is 2.35. The van der Waals surface area contributed by atoms with Crippen molar-refractivity contribution >= 4 is 57.6 Å². The van der Waals surface area contributed by atoms with E-state index in [4.69, 9.17) is 12.2 Å². The molecule has 2 unspecified atom stereocenters. The van der Waals surface area contributed by atoms with Crippen LogP contribution in [0.3, 0.4) is 0 Å². The Morgan fingerprint density at radius 3 is 3.00 bits per heavy atom. The summed E-state index contributed by atoms with van der Waals surface area (Å²) in [5.41, 5.74) is 1.83. The van der Waals surface area contributed by atoms with Crippen molar-refractivity contribution in [1.82, 2.24) is 9.55 Å². The van der Waals surface area contributed by atoms with E-state index in [1.165, 1.54) is 12.8 Å². The molecule has 1 aromatic carbocycles. The van der Waals surface area contributed by atoms with Crippen LogP contribution in [0.15, 0.2) is 12.1 Å². The summed E-state index contributed by atoms with van der Waals surface area (Å²) in [6.07, 6.45) is 5.70. The van der Waals surface area contributed by atoms with Crippen molar-refractivity contribution < 1.29 is 4.39 Å². The standard InChI is InChI=1S/C13H14FIN2S2/c1-19-12-4-2-3-10(12)17-11-5-7(14)8(15)6-9(11)16-13(17)18/h5-6,10,12H,2-4H2,1H3,(H,16,18). The molecule has 0 aliphatic heterocycles. The van der Waals surface area contributed by atoms with Crippen molar-refractivity contribution in [3.05, 3.63) is 26.3 Å². The lowest BCUT2D eigenvalue weighted by molar-refractivity contribution is 0.535. The molecule has 102 valence electrons. The van der Waals surface area contributed by atoms with Crippen LogP contribution in [0.5, 0.6) is 0 Å². The second kappa shape index (κ2) is 5.37. The largest absolute Gasteiger partial charge is 0.331 e. The van der Waals surface area contributed by atoms with Crippen LogP contribution in [-0.2, 0) is 0 Å².